The van der Waals surface area contributed by atoms with Crippen molar-refractivity contribution < 1.29 is 0 Å². The molecule has 100 valence electrons. The molecule has 18 heavy (non-hydrogen) atoms. The molecule has 0 saturated heterocycles. The lowest BCUT2D eigenvalue weighted by Gasteiger charge is -2.28. The number of hydrogen-bond acceptors (Lipinski definition) is 1. The Morgan fingerprint density at radius 2 is 2.11 bits per heavy atom. The van der Waals surface area contributed by atoms with E-state index >= 15 is 0 Å². The van der Waals surface area contributed by atoms with E-state index < -0.39 is 0 Å². The quantitative estimate of drug-likeness (QED) is 0.807. The number of benzene rings is 1. The summed E-state index contributed by atoms with van der Waals surface area (Å²) in [7, 11) is 0. The highest BCUT2D eigenvalue weighted by Gasteiger charge is 2.21. The molecule has 0 spiro atoms. The normalized spacial score (nSPS) is 20.8. The Bertz CT molecular complexity index is 375. The Morgan fingerprint density at radius 3 is 2.83 bits per heavy atom. The Morgan fingerprint density at radius 1 is 1.33 bits per heavy atom. The first-order valence-corrected chi connectivity index (χ1v) is 8.21. The lowest BCUT2D eigenvalue weighted by atomic mass is 9.82. The molecule has 1 nitrogen and oxygen atoms in total. The lowest BCUT2D eigenvalue weighted by molar-refractivity contribution is 0.403. The summed E-state index contributed by atoms with van der Waals surface area (Å²) in [5, 5.41) is 4.77. The Hall–Kier alpha value is -0.340. The van der Waals surface area contributed by atoms with Crippen LogP contribution >= 0.6 is 15.9 Å². The van der Waals surface area contributed by atoms with Gasteiger partial charge in [-0.05, 0) is 42.2 Å². The summed E-state index contributed by atoms with van der Waals surface area (Å²) in [6.07, 6.45) is 3.93. The number of fused-ring (bicyclic) bond motifs is 1. The average Bonchev–Trinajstić information content (AvgIpc) is 2.39. The molecule has 0 heterocycles. The molecule has 0 aromatic heterocycles. The molecular formula is C16H24BrN. The van der Waals surface area contributed by atoms with E-state index in [0.29, 0.717) is 17.9 Å². The van der Waals surface area contributed by atoms with E-state index in [1.54, 1.807) is 11.1 Å². The number of alkyl halides is 1. The van der Waals surface area contributed by atoms with Crippen molar-refractivity contribution >= 4 is 15.9 Å². The van der Waals surface area contributed by atoms with Crippen molar-refractivity contribution in [1.82, 2.24) is 5.32 Å². The third-order valence-corrected chi connectivity index (χ3v) is 4.79. The second-order valence-corrected chi connectivity index (χ2v) is 6.35. The molecule has 1 aliphatic carbocycles. The standard InChI is InChI=1S/C16H24BrN/c1-12(2)16(10-17)18-11-14-8-5-7-13-6-3-4-9-15(13)14/h3-4,6,9,12,14,16,18H,5,7-8,10-11H2,1-2H3. The Balaban J connectivity index is 1.99. The molecule has 0 amide bonds. The summed E-state index contributed by atoms with van der Waals surface area (Å²) < 4.78 is 0. The van der Waals surface area contributed by atoms with Gasteiger partial charge in [-0.2, -0.15) is 0 Å². The molecule has 1 aliphatic rings. The predicted octanol–water partition coefficient (Wildman–Crippen LogP) is 4.12. The molecule has 1 aromatic rings. The van der Waals surface area contributed by atoms with E-state index in [9.17, 15) is 0 Å². The minimum absolute atomic E-state index is 0.582. The van der Waals surface area contributed by atoms with Crippen LogP contribution in [0.25, 0.3) is 0 Å². The molecule has 1 N–H and O–H groups in total. The lowest BCUT2D eigenvalue weighted by Crippen LogP contribution is -2.38. The third-order valence-electron chi connectivity index (χ3n) is 4.09. The van der Waals surface area contributed by atoms with Gasteiger partial charge in [-0.15, -0.1) is 0 Å². The second kappa shape index (κ2) is 6.72. The maximum atomic E-state index is 3.73. The summed E-state index contributed by atoms with van der Waals surface area (Å²) in [6, 6.07) is 9.55. The number of rotatable bonds is 5. The van der Waals surface area contributed by atoms with Crippen molar-refractivity contribution in [2.24, 2.45) is 5.92 Å². The van der Waals surface area contributed by atoms with Gasteiger partial charge in [0.1, 0.15) is 0 Å². The monoisotopic (exact) mass is 309 g/mol. The van der Waals surface area contributed by atoms with Crippen LogP contribution in [-0.4, -0.2) is 17.9 Å². The minimum Gasteiger partial charge on any atom is -0.312 e. The topological polar surface area (TPSA) is 12.0 Å². The smallest absolute Gasteiger partial charge is 0.0188 e. The summed E-state index contributed by atoms with van der Waals surface area (Å²) in [5.74, 6) is 1.39. The number of halogens is 1. The molecular weight excluding hydrogens is 286 g/mol. The zero-order chi connectivity index (χ0) is 13.0. The zero-order valence-corrected chi connectivity index (χ0v) is 13.0. The number of nitrogens with one attached hydrogen (secondary N) is 1. The van der Waals surface area contributed by atoms with Crippen LogP contribution in [0.15, 0.2) is 24.3 Å². The van der Waals surface area contributed by atoms with Crippen molar-refractivity contribution in [2.75, 3.05) is 11.9 Å². The molecule has 0 radical (unpaired) electrons. The van der Waals surface area contributed by atoms with Crippen LogP contribution in [0, 0.1) is 5.92 Å². The molecule has 1 aromatic carbocycles. The van der Waals surface area contributed by atoms with E-state index in [-0.39, 0.29) is 0 Å². The van der Waals surface area contributed by atoms with Crippen LogP contribution in [0.5, 0.6) is 0 Å². The van der Waals surface area contributed by atoms with E-state index in [1.165, 1.54) is 19.3 Å². The summed E-state index contributed by atoms with van der Waals surface area (Å²) in [5.41, 5.74) is 3.14. The molecule has 2 heteroatoms. The SMILES string of the molecule is CC(C)C(CBr)NCC1CCCc2ccccc21. The fraction of sp³-hybridized carbons (Fsp3) is 0.625. The molecule has 0 fully saturated rings. The van der Waals surface area contributed by atoms with Gasteiger partial charge in [0, 0.05) is 17.9 Å². The van der Waals surface area contributed by atoms with Gasteiger partial charge in [0.05, 0.1) is 0 Å². The van der Waals surface area contributed by atoms with Gasteiger partial charge >= 0.3 is 0 Å². The third kappa shape index (κ3) is 3.36. The highest BCUT2D eigenvalue weighted by Crippen LogP contribution is 2.31. The fourth-order valence-electron chi connectivity index (χ4n) is 2.83. The summed E-state index contributed by atoms with van der Waals surface area (Å²) in [6.45, 7) is 5.69. The van der Waals surface area contributed by atoms with Crippen molar-refractivity contribution in [2.45, 2.75) is 45.1 Å². The molecule has 2 rings (SSSR count). The molecule has 0 aliphatic heterocycles. The van der Waals surface area contributed by atoms with Gasteiger partial charge < -0.3 is 5.32 Å². The largest absolute Gasteiger partial charge is 0.312 e. The second-order valence-electron chi connectivity index (χ2n) is 5.70. The van der Waals surface area contributed by atoms with E-state index in [1.807, 2.05) is 0 Å². The maximum absolute atomic E-state index is 3.73. The molecule has 0 saturated carbocycles. The predicted molar refractivity (Wildman–Crippen MR) is 82.5 cm³/mol. The van der Waals surface area contributed by atoms with Crippen molar-refractivity contribution in [1.29, 1.82) is 0 Å². The van der Waals surface area contributed by atoms with Crippen LogP contribution in [-0.2, 0) is 6.42 Å². The molecule has 0 bridgehead atoms. The van der Waals surface area contributed by atoms with Crippen molar-refractivity contribution in [3.05, 3.63) is 35.4 Å². The Kier molecular flexibility index (Phi) is 5.25. The van der Waals surface area contributed by atoms with Crippen LogP contribution in [0.4, 0.5) is 0 Å². The first kappa shape index (κ1) is 14.1. The van der Waals surface area contributed by atoms with Crippen LogP contribution in [0.2, 0.25) is 0 Å². The van der Waals surface area contributed by atoms with Crippen molar-refractivity contribution in [3.63, 3.8) is 0 Å². The van der Waals surface area contributed by atoms with Crippen LogP contribution in [0.1, 0.15) is 43.7 Å². The highest BCUT2D eigenvalue weighted by molar-refractivity contribution is 9.09. The average molecular weight is 310 g/mol. The van der Waals surface area contributed by atoms with Crippen molar-refractivity contribution in [3.8, 4) is 0 Å². The van der Waals surface area contributed by atoms with E-state index in [2.05, 4.69) is 59.4 Å². The zero-order valence-electron chi connectivity index (χ0n) is 11.5. The van der Waals surface area contributed by atoms with Gasteiger partial charge in [0.25, 0.3) is 0 Å². The summed E-state index contributed by atoms with van der Waals surface area (Å²) >= 11 is 3.61. The van der Waals surface area contributed by atoms with Crippen LogP contribution in [0.3, 0.4) is 0 Å². The van der Waals surface area contributed by atoms with E-state index in [0.717, 1.165) is 11.9 Å². The number of aryl methyl sites for hydroxylation is 1. The Labute approximate surface area is 119 Å². The van der Waals surface area contributed by atoms with Gasteiger partial charge in [-0.25, -0.2) is 0 Å². The summed E-state index contributed by atoms with van der Waals surface area (Å²) in [4.78, 5) is 0. The van der Waals surface area contributed by atoms with Gasteiger partial charge in [-0.1, -0.05) is 54.0 Å². The molecule has 2 unspecified atom stereocenters. The highest BCUT2D eigenvalue weighted by atomic mass is 79.9. The fourth-order valence-corrected chi connectivity index (χ4v) is 3.81. The first-order valence-electron chi connectivity index (χ1n) is 7.09. The van der Waals surface area contributed by atoms with Crippen LogP contribution < -0.4 is 5.32 Å². The van der Waals surface area contributed by atoms with E-state index in [4.69, 9.17) is 0 Å². The maximum Gasteiger partial charge on any atom is 0.0188 e. The first-order chi connectivity index (χ1) is 8.72. The van der Waals surface area contributed by atoms with Gasteiger partial charge in [-0.3, -0.25) is 0 Å². The molecule has 2 atom stereocenters. The minimum atomic E-state index is 0.582. The van der Waals surface area contributed by atoms with Gasteiger partial charge in [0.15, 0.2) is 0 Å². The number of hydrogen-bond donors (Lipinski definition) is 1. The van der Waals surface area contributed by atoms with Gasteiger partial charge in [0.2, 0.25) is 0 Å².